The van der Waals surface area contributed by atoms with Gasteiger partial charge in [-0.25, -0.2) is 9.97 Å². The van der Waals surface area contributed by atoms with Gasteiger partial charge in [-0.1, -0.05) is 26.8 Å². The molecule has 0 aliphatic heterocycles. The second-order valence-corrected chi connectivity index (χ2v) is 8.19. The van der Waals surface area contributed by atoms with Gasteiger partial charge in [-0.05, 0) is 30.9 Å². The van der Waals surface area contributed by atoms with Gasteiger partial charge in [0.1, 0.15) is 11.6 Å². The number of carbonyl (C=O) groups is 1. The lowest BCUT2D eigenvalue weighted by Crippen LogP contribution is -2.20. The monoisotopic (exact) mass is 371 g/mol. The molecule has 0 radical (unpaired) electrons. The summed E-state index contributed by atoms with van der Waals surface area (Å²) in [5.74, 6) is 0.502. The summed E-state index contributed by atoms with van der Waals surface area (Å²) in [5.41, 5.74) is 3.84. The van der Waals surface area contributed by atoms with Crippen LogP contribution in [0.4, 0.5) is 0 Å². The molecule has 1 aliphatic carbocycles. The van der Waals surface area contributed by atoms with Crippen molar-refractivity contribution in [1.29, 1.82) is 5.26 Å². The standard InChI is InChI=1S/C22H21N5O/c1-22(2,3)20(28)16-11-25-21-19(16)27-18(12-26-21)14-6-7-24-17(9-14)15(10-23)8-13-4-5-13/h6-9,11-13H,4-5H2,1-3H3,(H,25,26). The highest BCUT2D eigenvalue weighted by Crippen LogP contribution is 2.33. The Bertz CT molecular complexity index is 1140. The van der Waals surface area contributed by atoms with Crippen LogP contribution in [0.1, 0.15) is 49.7 Å². The quantitative estimate of drug-likeness (QED) is 0.535. The molecule has 6 nitrogen and oxygen atoms in total. The molecule has 0 amide bonds. The van der Waals surface area contributed by atoms with E-state index in [1.54, 1.807) is 18.6 Å². The molecule has 1 N–H and O–H groups in total. The van der Waals surface area contributed by atoms with Crippen LogP contribution in [0.5, 0.6) is 0 Å². The first-order valence-electron chi connectivity index (χ1n) is 9.34. The number of nitriles is 1. The zero-order valence-corrected chi connectivity index (χ0v) is 16.2. The molecule has 3 heterocycles. The zero-order valence-electron chi connectivity index (χ0n) is 16.2. The lowest BCUT2D eigenvalue weighted by molar-refractivity contribution is 0.0860. The molecule has 0 atom stereocenters. The van der Waals surface area contributed by atoms with E-state index in [9.17, 15) is 10.1 Å². The van der Waals surface area contributed by atoms with Gasteiger partial charge in [-0.15, -0.1) is 0 Å². The Morgan fingerprint density at radius 3 is 2.79 bits per heavy atom. The van der Waals surface area contributed by atoms with Crippen LogP contribution in [0.3, 0.4) is 0 Å². The number of carbonyl (C=O) groups excluding carboxylic acids is 1. The van der Waals surface area contributed by atoms with Gasteiger partial charge in [-0.3, -0.25) is 9.78 Å². The van der Waals surface area contributed by atoms with Crippen LogP contribution < -0.4 is 0 Å². The molecule has 0 aromatic carbocycles. The minimum atomic E-state index is -0.508. The molecule has 1 saturated carbocycles. The third-order valence-corrected chi connectivity index (χ3v) is 4.78. The van der Waals surface area contributed by atoms with Crippen LogP contribution in [0.2, 0.25) is 0 Å². The second-order valence-electron chi connectivity index (χ2n) is 8.19. The SMILES string of the molecule is CC(C)(C)C(=O)c1c[nH]c2ncc(-c3ccnc(C(C#N)=CC4CC4)c3)nc12. The summed E-state index contributed by atoms with van der Waals surface area (Å²) in [7, 11) is 0. The molecular weight excluding hydrogens is 350 g/mol. The second kappa shape index (κ2) is 6.68. The summed E-state index contributed by atoms with van der Waals surface area (Å²) in [6.45, 7) is 5.66. The Kier molecular flexibility index (Phi) is 4.31. The normalized spacial score (nSPS) is 14.9. The Labute approximate surface area is 163 Å². The number of pyridine rings is 1. The Balaban J connectivity index is 1.77. The first-order chi connectivity index (χ1) is 13.4. The van der Waals surface area contributed by atoms with Gasteiger partial charge in [-0.2, -0.15) is 5.26 Å². The smallest absolute Gasteiger partial charge is 0.171 e. The highest BCUT2D eigenvalue weighted by molar-refractivity contribution is 6.08. The summed E-state index contributed by atoms with van der Waals surface area (Å²) in [6.07, 6.45) is 9.27. The maximum Gasteiger partial charge on any atom is 0.171 e. The van der Waals surface area contributed by atoms with E-state index in [4.69, 9.17) is 4.98 Å². The number of fused-ring (bicyclic) bond motifs is 1. The minimum absolute atomic E-state index is 0.0137. The molecular formula is C22H21N5O. The average molecular weight is 371 g/mol. The number of aromatic amines is 1. The molecule has 0 bridgehead atoms. The fourth-order valence-corrected chi connectivity index (χ4v) is 3.02. The van der Waals surface area contributed by atoms with Crippen molar-refractivity contribution >= 4 is 22.5 Å². The number of rotatable bonds is 4. The summed E-state index contributed by atoms with van der Waals surface area (Å²) >= 11 is 0. The molecule has 0 unspecified atom stereocenters. The fourth-order valence-electron chi connectivity index (χ4n) is 3.02. The number of hydrogen-bond acceptors (Lipinski definition) is 5. The third kappa shape index (κ3) is 3.44. The van der Waals surface area contributed by atoms with Gasteiger partial charge in [0.25, 0.3) is 0 Å². The van der Waals surface area contributed by atoms with E-state index in [0.29, 0.717) is 39.6 Å². The van der Waals surface area contributed by atoms with Crippen LogP contribution in [0.25, 0.3) is 28.0 Å². The van der Waals surface area contributed by atoms with Gasteiger partial charge in [0.05, 0.1) is 28.7 Å². The lowest BCUT2D eigenvalue weighted by Gasteiger charge is -2.15. The molecule has 3 aromatic heterocycles. The molecule has 6 heteroatoms. The molecule has 3 aromatic rings. The number of allylic oxidation sites excluding steroid dienone is 2. The summed E-state index contributed by atoms with van der Waals surface area (Å²) in [5, 5.41) is 9.48. The van der Waals surface area contributed by atoms with Crippen LogP contribution in [0.15, 0.2) is 36.8 Å². The number of Topliss-reactive ketones (excluding diaryl/α,β-unsaturated/α-hetero) is 1. The first kappa shape index (κ1) is 18.1. The van der Waals surface area contributed by atoms with Crippen LogP contribution >= 0.6 is 0 Å². The summed E-state index contributed by atoms with van der Waals surface area (Å²) in [4.78, 5) is 29.2. The molecule has 28 heavy (non-hydrogen) atoms. The lowest BCUT2D eigenvalue weighted by atomic mass is 9.87. The van der Waals surface area contributed by atoms with Crippen molar-refractivity contribution in [2.75, 3.05) is 0 Å². The van der Waals surface area contributed by atoms with Crippen LogP contribution in [-0.2, 0) is 0 Å². The first-order valence-corrected chi connectivity index (χ1v) is 9.34. The average Bonchev–Trinajstić information content (AvgIpc) is 3.41. The third-order valence-electron chi connectivity index (χ3n) is 4.78. The van der Waals surface area contributed by atoms with Gasteiger partial charge < -0.3 is 4.98 Å². The van der Waals surface area contributed by atoms with Crippen molar-refractivity contribution in [1.82, 2.24) is 19.9 Å². The van der Waals surface area contributed by atoms with Crippen molar-refractivity contribution in [3.8, 4) is 17.3 Å². The number of ketones is 1. The van der Waals surface area contributed by atoms with Crippen molar-refractivity contribution in [3.63, 3.8) is 0 Å². The molecule has 0 spiro atoms. The van der Waals surface area contributed by atoms with Gasteiger partial charge in [0.15, 0.2) is 11.4 Å². The predicted molar refractivity (Wildman–Crippen MR) is 107 cm³/mol. The number of hydrogen-bond donors (Lipinski definition) is 1. The maximum atomic E-state index is 12.7. The van der Waals surface area contributed by atoms with E-state index in [1.165, 1.54) is 0 Å². The Morgan fingerprint density at radius 2 is 2.11 bits per heavy atom. The molecule has 1 aliphatic rings. The van der Waals surface area contributed by atoms with Gasteiger partial charge in [0.2, 0.25) is 0 Å². The zero-order chi connectivity index (χ0) is 19.9. The van der Waals surface area contributed by atoms with Crippen molar-refractivity contribution in [3.05, 3.63) is 48.1 Å². The molecule has 0 saturated heterocycles. The van der Waals surface area contributed by atoms with E-state index in [0.717, 1.165) is 18.4 Å². The summed E-state index contributed by atoms with van der Waals surface area (Å²) in [6, 6.07) is 5.94. The largest absolute Gasteiger partial charge is 0.344 e. The molecule has 140 valence electrons. The number of H-pyrrole nitrogens is 1. The Morgan fingerprint density at radius 1 is 1.32 bits per heavy atom. The van der Waals surface area contributed by atoms with E-state index in [2.05, 4.69) is 21.0 Å². The number of aromatic nitrogens is 4. The van der Waals surface area contributed by atoms with E-state index < -0.39 is 5.41 Å². The fraction of sp³-hybridized carbons (Fsp3) is 0.318. The van der Waals surface area contributed by atoms with Crippen LogP contribution in [-0.4, -0.2) is 25.7 Å². The van der Waals surface area contributed by atoms with Crippen molar-refractivity contribution in [2.24, 2.45) is 11.3 Å². The molecule has 4 rings (SSSR count). The van der Waals surface area contributed by atoms with E-state index >= 15 is 0 Å². The number of nitrogens with one attached hydrogen (secondary N) is 1. The van der Waals surface area contributed by atoms with Gasteiger partial charge in [0, 0.05) is 23.4 Å². The van der Waals surface area contributed by atoms with Gasteiger partial charge >= 0.3 is 0 Å². The van der Waals surface area contributed by atoms with Crippen molar-refractivity contribution < 1.29 is 4.79 Å². The van der Waals surface area contributed by atoms with Crippen molar-refractivity contribution in [2.45, 2.75) is 33.6 Å². The van der Waals surface area contributed by atoms with Crippen LogP contribution in [0, 0.1) is 22.7 Å². The van der Waals surface area contributed by atoms with E-state index in [1.807, 2.05) is 39.0 Å². The predicted octanol–water partition coefficient (Wildman–Crippen LogP) is 4.57. The minimum Gasteiger partial charge on any atom is -0.344 e. The molecule has 1 fully saturated rings. The van der Waals surface area contributed by atoms with E-state index in [-0.39, 0.29) is 5.78 Å². The summed E-state index contributed by atoms with van der Waals surface area (Å²) < 4.78 is 0. The highest BCUT2D eigenvalue weighted by atomic mass is 16.1. The number of nitrogens with zero attached hydrogens (tertiary/aromatic N) is 4. The maximum absolute atomic E-state index is 12.7. The Hall–Kier alpha value is -3.33. The highest BCUT2D eigenvalue weighted by Gasteiger charge is 2.26. The topological polar surface area (TPSA) is 95.3 Å².